The summed E-state index contributed by atoms with van der Waals surface area (Å²) in [6.07, 6.45) is 6.67. The van der Waals surface area contributed by atoms with Gasteiger partial charge in [-0.25, -0.2) is 4.98 Å². The summed E-state index contributed by atoms with van der Waals surface area (Å²) in [6.45, 7) is 7.59. The van der Waals surface area contributed by atoms with Crippen molar-refractivity contribution in [2.45, 2.75) is 13.8 Å². The Balaban J connectivity index is 0.00000432. The van der Waals surface area contributed by atoms with Gasteiger partial charge in [0.05, 0.1) is 29.0 Å². The fourth-order valence-electron chi connectivity index (χ4n) is 3.27. The lowest BCUT2D eigenvalue weighted by atomic mass is 10.2. The second-order valence-electron chi connectivity index (χ2n) is 7.39. The molecule has 0 aliphatic carbocycles. The van der Waals surface area contributed by atoms with Crippen molar-refractivity contribution >= 4 is 64.2 Å². The van der Waals surface area contributed by atoms with Crippen LogP contribution in [0.2, 0.25) is 10.0 Å². The van der Waals surface area contributed by atoms with E-state index in [2.05, 4.69) is 34.0 Å². The van der Waals surface area contributed by atoms with Gasteiger partial charge in [0.1, 0.15) is 6.61 Å². The molecule has 0 bridgehead atoms. The number of fused-ring (bicyclic) bond motifs is 1. The maximum absolute atomic E-state index is 12.6. The SMILES string of the molecule is CCN(CC)CCOc1ccc(NC(=O)C(=CC=Cc2cc3cc(Cl)c(Cl)cc3[nH]2)OC)cn1.Cl. The van der Waals surface area contributed by atoms with Crippen molar-refractivity contribution in [3.05, 3.63) is 70.2 Å². The highest BCUT2D eigenvalue weighted by molar-refractivity contribution is 6.42. The number of aromatic amines is 1. The Morgan fingerprint density at radius 1 is 1.17 bits per heavy atom. The van der Waals surface area contributed by atoms with E-state index in [9.17, 15) is 4.79 Å². The van der Waals surface area contributed by atoms with Gasteiger partial charge in [0, 0.05) is 29.2 Å². The number of halogens is 3. The molecule has 3 aromatic rings. The van der Waals surface area contributed by atoms with Crippen LogP contribution in [-0.4, -0.2) is 54.1 Å². The van der Waals surface area contributed by atoms with Crippen molar-refractivity contribution in [2.75, 3.05) is 38.7 Å². The first-order chi connectivity index (χ1) is 16.4. The Kier molecular flexibility index (Phi) is 11.4. The molecule has 1 amide bonds. The molecule has 2 heterocycles. The third kappa shape index (κ3) is 8.18. The Labute approximate surface area is 221 Å². The molecule has 0 aliphatic rings. The van der Waals surface area contributed by atoms with Crippen molar-refractivity contribution in [1.82, 2.24) is 14.9 Å². The van der Waals surface area contributed by atoms with Crippen LogP contribution >= 0.6 is 35.6 Å². The van der Waals surface area contributed by atoms with Crippen molar-refractivity contribution in [2.24, 2.45) is 0 Å². The second-order valence-corrected chi connectivity index (χ2v) is 8.20. The summed E-state index contributed by atoms with van der Waals surface area (Å²) < 4.78 is 10.9. The molecule has 2 aromatic heterocycles. The topological polar surface area (TPSA) is 79.5 Å². The number of H-pyrrole nitrogens is 1. The Morgan fingerprint density at radius 3 is 2.57 bits per heavy atom. The third-order valence-corrected chi connectivity index (χ3v) is 5.92. The number of carbonyl (C=O) groups is 1. The second kappa shape index (κ2) is 14.0. The van der Waals surface area contributed by atoms with E-state index in [1.807, 2.05) is 12.1 Å². The smallest absolute Gasteiger partial charge is 0.290 e. The fourth-order valence-corrected chi connectivity index (χ4v) is 3.60. The molecule has 0 fully saturated rings. The first-order valence-corrected chi connectivity index (χ1v) is 11.7. The van der Waals surface area contributed by atoms with Gasteiger partial charge >= 0.3 is 0 Å². The van der Waals surface area contributed by atoms with E-state index in [0.29, 0.717) is 28.2 Å². The Morgan fingerprint density at radius 2 is 1.91 bits per heavy atom. The molecular formula is C25H29Cl3N4O3. The maximum atomic E-state index is 12.6. The minimum Gasteiger partial charge on any atom is -0.491 e. The number of nitrogens with zero attached hydrogens (tertiary/aromatic N) is 2. The molecular weight excluding hydrogens is 511 g/mol. The van der Waals surface area contributed by atoms with Crippen molar-refractivity contribution < 1.29 is 14.3 Å². The lowest BCUT2D eigenvalue weighted by Gasteiger charge is -2.17. The van der Waals surface area contributed by atoms with Crippen molar-refractivity contribution in [3.8, 4) is 5.88 Å². The number of rotatable bonds is 11. The predicted octanol–water partition coefficient (Wildman–Crippen LogP) is 6.19. The maximum Gasteiger partial charge on any atom is 0.290 e. The molecule has 10 heteroatoms. The van der Waals surface area contributed by atoms with E-state index < -0.39 is 0 Å². The number of ether oxygens (including phenoxy) is 2. The highest BCUT2D eigenvalue weighted by atomic mass is 35.5. The molecule has 2 N–H and O–H groups in total. The minimum atomic E-state index is -0.389. The number of amides is 1. The van der Waals surface area contributed by atoms with Crippen LogP contribution in [0, 0.1) is 0 Å². The third-order valence-electron chi connectivity index (χ3n) is 5.20. The molecule has 0 radical (unpaired) electrons. The quantitative estimate of drug-likeness (QED) is 0.172. The van der Waals surface area contributed by atoms with Crippen molar-refractivity contribution in [3.63, 3.8) is 0 Å². The average Bonchev–Trinajstić information content (AvgIpc) is 3.22. The van der Waals surface area contributed by atoms with Gasteiger partial charge in [0.15, 0.2) is 5.76 Å². The van der Waals surface area contributed by atoms with Gasteiger partial charge < -0.3 is 24.7 Å². The zero-order valence-corrected chi connectivity index (χ0v) is 22.1. The molecule has 3 rings (SSSR count). The van der Waals surface area contributed by atoms with E-state index >= 15 is 0 Å². The van der Waals surface area contributed by atoms with Crippen LogP contribution in [0.3, 0.4) is 0 Å². The van der Waals surface area contributed by atoms with Gasteiger partial charge in [0.2, 0.25) is 5.88 Å². The number of aromatic nitrogens is 2. The van der Waals surface area contributed by atoms with E-state index in [1.54, 1.807) is 42.6 Å². The normalized spacial score (nSPS) is 11.7. The number of benzene rings is 1. The standard InChI is InChI=1S/C25H28Cl2N4O3.ClH/c1-4-31(5-2)11-12-34-24-10-9-19(16-28-24)30-25(32)23(33-3)8-6-7-18-13-17-14-20(26)21(27)15-22(17)29-18;/h6-10,13-16,29H,4-5,11-12H2,1-3H3,(H,30,32);1H. The molecule has 35 heavy (non-hydrogen) atoms. The number of carbonyl (C=O) groups excluding carboxylic acids is 1. The number of anilines is 1. The summed E-state index contributed by atoms with van der Waals surface area (Å²) >= 11 is 12.1. The Bertz CT molecular complexity index is 1130. The van der Waals surface area contributed by atoms with E-state index in [0.717, 1.165) is 36.2 Å². The van der Waals surface area contributed by atoms with Crippen LogP contribution in [0.15, 0.2) is 54.4 Å². The summed E-state index contributed by atoms with van der Waals surface area (Å²) in [5.41, 5.74) is 2.24. The molecule has 0 atom stereocenters. The van der Waals surface area contributed by atoms with E-state index in [-0.39, 0.29) is 24.1 Å². The summed E-state index contributed by atoms with van der Waals surface area (Å²) in [6, 6.07) is 8.97. The van der Waals surface area contributed by atoms with Crippen LogP contribution < -0.4 is 10.1 Å². The summed E-state index contributed by atoms with van der Waals surface area (Å²) in [4.78, 5) is 22.3. The van der Waals surface area contributed by atoms with Gasteiger partial charge in [-0.15, -0.1) is 12.4 Å². The highest BCUT2D eigenvalue weighted by Crippen LogP contribution is 2.28. The molecule has 1 aromatic carbocycles. The molecule has 0 unspecified atom stereocenters. The predicted molar refractivity (Wildman–Crippen MR) is 146 cm³/mol. The number of pyridine rings is 1. The minimum absolute atomic E-state index is 0. The van der Waals surface area contributed by atoms with E-state index in [4.69, 9.17) is 32.7 Å². The number of nitrogens with one attached hydrogen (secondary N) is 2. The number of allylic oxidation sites excluding steroid dienone is 2. The molecule has 0 saturated heterocycles. The van der Waals surface area contributed by atoms with Crippen molar-refractivity contribution in [1.29, 1.82) is 0 Å². The summed E-state index contributed by atoms with van der Waals surface area (Å²) in [5.74, 6) is 0.272. The molecule has 0 aliphatic heterocycles. The average molecular weight is 540 g/mol. The number of hydrogen-bond donors (Lipinski definition) is 2. The number of hydrogen-bond acceptors (Lipinski definition) is 5. The zero-order chi connectivity index (χ0) is 24.5. The summed E-state index contributed by atoms with van der Waals surface area (Å²) in [7, 11) is 1.44. The molecule has 188 valence electrons. The van der Waals surface area contributed by atoms with Crippen LogP contribution in [0.5, 0.6) is 5.88 Å². The molecule has 0 spiro atoms. The van der Waals surface area contributed by atoms with Gasteiger partial charge in [-0.3, -0.25) is 4.79 Å². The molecule has 7 nitrogen and oxygen atoms in total. The largest absolute Gasteiger partial charge is 0.491 e. The molecule has 0 saturated carbocycles. The van der Waals surface area contributed by atoms with Crippen LogP contribution in [0.4, 0.5) is 5.69 Å². The van der Waals surface area contributed by atoms with Gasteiger partial charge in [-0.2, -0.15) is 0 Å². The summed E-state index contributed by atoms with van der Waals surface area (Å²) in [5, 5.41) is 4.69. The van der Waals surface area contributed by atoms with Crippen LogP contribution in [0.25, 0.3) is 17.0 Å². The lowest BCUT2D eigenvalue weighted by Crippen LogP contribution is -2.28. The van der Waals surface area contributed by atoms with Crippen LogP contribution in [0.1, 0.15) is 19.5 Å². The monoisotopic (exact) mass is 538 g/mol. The van der Waals surface area contributed by atoms with Gasteiger partial charge in [0.25, 0.3) is 5.91 Å². The lowest BCUT2D eigenvalue weighted by molar-refractivity contribution is -0.115. The zero-order valence-electron chi connectivity index (χ0n) is 19.8. The van der Waals surface area contributed by atoms with Crippen LogP contribution in [-0.2, 0) is 9.53 Å². The highest BCUT2D eigenvalue weighted by Gasteiger charge is 2.10. The van der Waals surface area contributed by atoms with E-state index in [1.165, 1.54) is 7.11 Å². The van der Waals surface area contributed by atoms with Gasteiger partial charge in [-0.1, -0.05) is 43.1 Å². The van der Waals surface area contributed by atoms with Gasteiger partial charge in [-0.05, 0) is 49.5 Å². The fraction of sp³-hybridized carbons (Fsp3) is 0.280. The first-order valence-electron chi connectivity index (χ1n) is 11.0. The number of likely N-dealkylation sites (N-methyl/N-ethyl adjacent to an activating group) is 1. The first kappa shape index (κ1) is 28.5. The number of methoxy groups -OCH3 is 1. The Hall–Kier alpha value is -2.71.